The fourth-order valence-electron chi connectivity index (χ4n) is 3.80. The van der Waals surface area contributed by atoms with Crippen molar-refractivity contribution >= 4 is 44.5 Å². The number of thiophene rings is 1. The third-order valence-corrected chi connectivity index (χ3v) is 6.43. The van der Waals surface area contributed by atoms with Crippen molar-refractivity contribution in [3.8, 4) is 0 Å². The first-order chi connectivity index (χ1) is 17.1. The van der Waals surface area contributed by atoms with Crippen LogP contribution >= 0.6 is 11.3 Å². The predicted octanol–water partition coefficient (Wildman–Crippen LogP) is 4.66. The van der Waals surface area contributed by atoms with E-state index in [0.717, 1.165) is 54.6 Å². The van der Waals surface area contributed by atoms with Crippen molar-refractivity contribution in [2.75, 3.05) is 6.54 Å². The summed E-state index contributed by atoms with van der Waals surface area (Å²) in [5.41, 5.74) is 8.86. The van der Waals surface area contributed by atoms with Crippen LogP contribution in [0.2, 0.25) is 0 Å². The number of aliphatic carboxylic acids is 2. The molecule has 3 aromatic heterocycles. The maximum atomic E-state index is 10.6. The van der Waals surface area contributed by atoms with Gasteiger partial charge in [-0.1, -0.05) is 0 Å². The van der Waals surface area contributed by atoms with Crippen LogP contribution in [-0.4, -0.2) is 60.7 Å². The number of alkyl halides is 6. The summed E-state index contributed by atoms with van der Waals surface area (Å²) in [4.78, 5) is 27.0. The van der Waals surface area contributed by atoms with Crippen LogP contribution in [0.25, 0.3) is 21.3 Å². The van der Waals surface area contributed by atoms with Gasteiger partial charge in [-0.2, -0.15) is 26.3 Å². The molecule has 9 nitrogen and oxygen atoms in total. The normalized spacial score (nSPS) is 18.9. The number of carbonyl (C=O) groups is 2. The van der Waals surface area contributed by atoms with Gasteiger partial charge in [-0.05, 0) is 56.5 Å². The third kappa shape index (κ3) is 7.75. The number of imidazole rings is 1. The van der Waals surface area contributed by atoms with E-state index in [-0.39, 0.29) is 0 Å². The molecule has 1 aliphatic rings. The highest BCUT2D eigenvalue weighted by atomic mass is 32.1. The van der Waals surface area contributed by atoms with E-state index >= 15 is 0 Å². The predicted molar refractivity (Wildman–Crippen MR) is 121 cm³/mol. The zero-order valence-corrected chi connectivity index (χ0v) is 20.1. The topological polar surface area (TPSA) is 152 Å². The van der Waals surface area contributed by atoms with Crippen LogP contribution in [0.5, 0.6) is 0 Å². The first-order valence-electron chi connectivity index (χ1n) is 10.8. The molecule has 0 aliphatic heterocycles. The summed E-state index contributed by atoms with van der Waals surface area (Å²) < 4.78 is 66.9. The van der Waals surface area contributed by atoms with E-state index in [2.05, 4.69) is 19.9 Å². The number of aliphatic hydroxyl groups excluding tert-OH is 1. The van der Waals surface area contributed by atoms with Crippen molar-refractivity contribution in [1.29, 1.82) is 0 Å². The van der Waals surface area contributed by atoms with Gasteiger partial charge in [-0.3, -0.25) is 4.98 Å². The summed E-state index contributed by atoms with van der Waals surface area (Å²) in [7, 11) is 0. The minimum Gasteiger partial charge on any atom is -0.475 e. The first kappa shape index (κ1) is 30.2. The number of carboxylic acid groups (broad SMARTS) is 2. The Labute approximate surface area is 209 Å². The van der Waals surface area contributed by atoms with Crippen molar-refractivity contribution in [3.05, 3.63) is 23.5 Å². The molecule has 0 radical (unpaired) electrons. The largest absolute Gasteiger partial charge is 0.490 e. The number of carboxylic acids is 2. The summed E-state index contributed by atoms with van der Waals surface area (Å²) in [5.74, 6) is -4.11. The molecule has 4 rings (SSSR count). The molecule has 37 heavy (non-hydrogen) atoms. The van der Waals surface area contributed by atoms with Crippen molar-refractivity contribution in [1.82, 2.24) is 14.5 Å². The highest BCUT2D eigenvalue weighted by molar-refractivity contribution is 7.18. The molecule has 3 aromatic rings. The Morgan fingerprint density at radius 1 is 1.08 bits per heavy atom. The highest BCUT2D eigenvalue weighted by Gasteiger charge is 2.39. The summed E-state index contributed by atoms with van der Waals surface area (Å²) in [6, 6.07) is 2.43. The molecule has 3 heterocycles. The van der Waals surface area contributed by atoms with E-state index in [1.807, 2.05) is 12.3 Å². The molecular formula is C21H24F6N4O5S. The second-order valence-corrected chi connectivity index (χ2v) is 9.08. The maximum absolute atomic E-state index is 10.6. The van der Waals surface area contributed by atoms with Gasteiger partial charge in [0.1, 0.15) is 17.4 Å². The molecule has 16 heteroatoms. The molecule has 1 atom stereocenters. The Morgan fingerprint density at radius 2 is 1.59 bits per heavy atom. The molecule has 0 bridgehead atoms. The standard InChI is InChI=1S/C17H22N4OS.2C2HF3O2/c1-10(22)17-20-14-9-19-13-6-7-23-16(13)15(14)21(17)12-4-2-11(8-18)3-5-12;2*3-2(4,5)1(6)7/h6-7,9-12,22H,2-5,8,18H2,1H3;2*(H,6,7)/t10-,11-,12-;;/m1../s1. The molecule has 1 fully saturated rings. The van der Waals surface area contributed by atoms with E-state index < -0.39 is 30.4 Å². The lowest BCUT2D eigenvalue weighted by molar-refractivity contribution is -0.193. The van der Waals surface area contributed by atoms with Crippen molar-refractivity contribution in [2.24, 2.45) is 11.7 Å². The lowest BCUT2D eigenvalue weighted by Crippen LogP contribution is -2.24. The Balaban J connectivity index is 0.000000286. The quantitative estimate of drug-likeness (QED) is 0.339. The molecule has 0 saturated heterocycles. The lowest BCUT2D eigenvalue weighted by atomic mass is 9.86. The molecule has 0 spiro atoms. The van der Waals surface area contributed by atoms with E-state index in [0.29, 0.717) is 12.0 Å². The number of fused-ring (bicyclic) bond motifs is 3. The van der Waals surface area contributed by atoms with Gasteiger partial charge < -0.3 is 25.6 Å². The molecular weight excluding hydrogens is 534 g/mol. The third-order valence-electron chi connectivity index (χ3n) is 5.52. The molecule has 206 valence electrons. The van der Waals surface area contributed by atoms with Gasteiger partial charge in [-0.15, -0.1) is 11.3 Å². The monoisotopic (exact) mass is 558 g/mol. The van der Waals surface area contributed by atoms with Crippen molar-refractivity contribution in [2.45, 2.75) is 57.1 Å². The van der Waals surface area contributed by atoms with Crippen LogP contribution in [0.4, 0.5) is 26.3 Å². The number of halogens is 6. The highest BCUT2D eigenvalue weighted by Crippen LogP contribution is 2.39. The molecule has 5 N–H and O–H groups in total. The second-order valence-electron chi connectivity index (χ2n) is 8.16. The summed E-state index contributed by atoms with van der Waals surface area (Å²) >= 11 is 1.70. The van der Waals surface area contributed by atoms with E-state index in [9.17, 15) is 31.4 Å². The summed E-state index contributed by atoms with van der Waals surface area (Å²) in [6.07, 6.45) is -4.41. The van der Waals surface area contributed by atoms with Crippen LogP contribution in [0.1, 0.15) is 50.6 Å². The van der Waals surface area contributed by atoms with Crippen LogP contribution in [-0.2, 0) is 9.59 Å². The van der Waals surface area contributed by atoms with E-state index in [4.69, 9.17) is 25.5 Å². The fraction of sp³-hybridized carbons (Fsp3) is 0.524. The van der Waals surface area contributed by atoms with Crippen molar-refractivity contribution in [3.63, 3.8) is 0 Å². The Hall–Kier alpha value is -2.98. The molecule has 0 unspecified atom stereocenters. The SMILES string of the molecule is C[C@@H](O)c1nc2cnc3ccsc3c2n1[C@H]1CC[C@H](CN)CC1.O=C(O)C(F)(F)F.O=C(O)C(F)(F)F. The number of aromatic nitrogens is 3. The van der Waals surface area contributed by atoms with Gasteiger partial charge in [0.2, 0.25) is 0 Å². The number of nitrogens with zero attached hydrogens (tertiary/aromatic N) is 3. The Bertz CT molecular complexity index is 1190. The van der Waals surface area contributed by atoms with Crippen LogP contribution in [0.15, 0.2) is 17.6 Å². The lowest BCUT2D eigenvalue weighted by Gasteiger charge is -2.30. The molecule has 0 amide bonds. The summed E-state index contributed by atoms with van der Waals surface area (Å²) in [6.45, 7) is 2.57. The first-order valence-corrected chi connectivity index (χ1v) is 11.7. The van der Waals surface area contributed by atoms with Gasteiger partial charge in [-0.25, -0.2) is 14.6 Å². The number of pyridine rings is 1. The van der Waals surface area contributed by atoms with Gasteiger partial charge in [0, 0.05) is 6.04 Å². The van der Waals surface area contributed by atoms with Crippen LogP contribution in [0, 0.1) is 5.92 Å². The van der Waals surface area contributed by atoms with Gasteiger partial charge in [0.25, 0.3) is 0 Å². The van der Waals surface area contributed by atoms with Crippen LogP contribution in [0.3, 0.4) is 0 Å². The minimum atomic E-state index is -5.08. The fourth-order valence-corrected chi connectivity index (χ4v) is 4.69. The number of nitrogens with two attached hydrogens (primary N) is 1. The molecule has 0 aromatic carbocycles. The average Bonchev–Trinajstić information content (AvgIpc) is 3.43. The van der Waals surface area contributed by atoms with Gasteiger partial charge in [0.15, 0.2) is 0 Å². The van der Waals surface area contributed by atoms with Crippen molar-refractivity contribution < 1.29 is 51.3 Å². The maximum Gasteiger partial charge on any atom is 0.490 e. The number of rotatable bonds is 3. The van der Waals surface area contributed by atoms with E-state index in [1.165, 1.54) is 4.70 Å². The minimum absolute atomic E-state index is 0.389. The Morgan fingerprint density at radius 3 is 2.03 bits per heavy atom. The summed E-state index contributed by atoms with van der Waals surface area (Å²) in [5, 5.41) is 26.6. The number of aliphatic hydroxyl groups is 1. The zero-order chi connectivity index (χ0) is 28.1. The van der Waals surface area contributed by atoms with Gasteiger partial charge in [0.05, 0.1) is 21.9 Å². The molecule has 1 saturated carbocycles. The number of hydrogen-bond acceptors (Lipinski definition) is 7. The average molecular weight is 559 g/mol. The Kier molecular flexibility index (Phi) is 9.84. The zero-order valence-electron chi connectivity index (χ0n) is 19.3. The van der Waals surface area contributed by atoms with Crippen LogP contribution < -0.4 is 5.73 Å². The number of hydrogen-bond donors (Lipinski definition) is 4. The molecule has 1 aliphatic carbocycles. The smallest absolute Gasteiger partial charge is 0.475 e. The van der Waals surface area contributed by atoms with E-state index in [1.54, 1.807) is 18.3 Å². The second kappa shape index (κ2) is 12.0. The van der Waals surface area contributed by atoms with Gasteiger partial charge >= 0.3 is 24.3 Å².